The molecule has 124 valence electrons. The highest BCUT2D eigenvalue weighted by Crippen LogP contribution is 2.24. The molecule has 3 aromatic rings. The van der Waals surface area contributed by atoms with Crippen molar-refractivity contribution in [2.45, 2.75) is 32.2 Å². The Labute approximate surface area is 141 Å². The zero-order valence-corrected chi connectivity index (χ0v) is 13.9. The highest BCUT2D eigenvalue weighted by molar-refractivity contribution is 5.88. The van der Waals surface area contributed by atoms with Gasteiger partial charge in [0.15, 0.2) is 0 Å². The van der Waals surface area contributed by atoms with Crippen molar-refractivity contribution in [2.24, 2.45) is 0 Å². The average molecular weight is 322 g/mol. The van der Waals surface area contributed by atoms with Gasteiger partial charge in [0.1, 0.15) is 5.82 Å². The predicted molar refractivity (Wildman–Crippen MR) is 93.8 cm³/mol. The van der Waals surface area contributed by atoms with E-state index >= 15 is 0 Å². The molecule has 2 aromatic heterocycles. The number of piperidine rings is 1. The van der Waals surface area contributed by atoms with Crippen LogP contribution < -0.4 is 0 Å². The van der Waals surface area contributed by atoms with E-state index in [0.717, 1.165) is 48.2 Å². The third-order valence-corrected chi connectivity index (χ3v) is 5.02. The Morgan fingerprint density at radius 2 is 2.25 bits per heavy atom. The van der Waals surface area contributed by atoms with Crippen LogP contribution in [0.2, 0.25) is 0 Å². The molecule has 1 aliphatic heterocycles. The second-order valence-corrected chi connectivity index (χ2v) is 6.55. The van der Waals surface area contributed by atoms with Crippen molar-refractivity contribution in [1.29, 1.82) is 0 Å². The van der Waals surface area contributed by atoms with Crippen molar-refractivity contribution in [3.63, 3.8) is 0 Å². The molecule has 0 aliphatic carbocycles. The number of fused-ring (bicyclic) bond motifs is 1. The first-order valence-corrected chi connectivity index (χ1v) is 8.54. The maximum Gasteiger partial charge on any atom is 0.227 e. The van der Waals surface area contributed by atoms with Crippen LogP contribution in [-0.2, 0) is 11.2 Å². The summed E-state index contributed by atoms with van der Waals surface area (Å²) < 4.78 is 2.20. The van der Waals surface area contributed by atoms with E-state index in [-0.39, 0.29) is 5.91 Å². The lowest BCUT2D eigenvalue weighted by Gasteiger charge is -2.34. The molecule has 0 saturated carbocycles. The number of para-hydroxylation sites is 1. The van der Waals surface area contributed by atoms with Crippen molar-refractivity contribution in [3.05, 3.63) is 54.2 Å². The van der Waals surface area contributed by atoms with Crippen LogP contribution in [0.25, 0.3) is 10.9 Å². The first-order valence-electron chi connectivity index (χ1n) is 8.54. The number of nitrogens with zero attached hydrogens (tertiary/aromatic N) is 3. The van der Waals surface area contributed by atoms with Gasteiger partial charge in [-0.2, -0.15) is 0 Å². The first kappa shape index (κ1) is 15.0. The molecular formula is C19H22N4O. The highest BCUT2D eigenvalue weighted by atomic mass is 16.2. The molecule has 1 aromatic carbocycles. The number of H-pyrrole nitrogens is 1. The number of aryl methyl sites for hydroxylation is 1. The monoisotopic (exact) mass is 322 g/mol. The van der Waals surface area contributed by atoms with Gasteiger partial charge in [0.05, 0.1) is 12.5 Å². The van der Waals surface area contributed by atoms with Crippen LogP contribution in [0.5, 0.6) is 0 Å². The molecule has 1 atom stereocenters. The van der Waals surface area contributed by atoms with Gasteiger partial charge in [-0.15, -0.1) is 0 Å². The predicted octanol–water partition coefficient (Wildman–Crippen LogP) is 3.08. The molecule has 0 unspecified atom stereocenters. The number of benzene rings is 1. The molecule has 4 rings (SSSR count). The Bertz CT molecular complexity index is 863. The van der Waals surface area contributed by atoms with Gasteiger partial charge in [-0.1, -0.05) is 18.2 Å². The number of carbonyl (C=O) groups is 1. The average Bonchev–Trinajstić information content (AvgIpc) is 3.22. The molecule has 1 fully saturated rings. The lowest BCUT2D eigenvalue weighted by molar-refractivity contribution is -0.132. The third-order valence-electron chi connectivity index (χ3n) is 5.02. The number of hydrogen-bond donors (Lipinski definition) is 1. The van der Waals surface area contributed by atoms with Gasteiger partial charge in [0, 0.05) is 42.6 Å². The van der Waals surface area contributed by atoms with Gasteiger partial charge in [-0.3, -0.25) is 4.79 Å². The van der Waals surface area contributed by atoms with Crippen molar-refractivity contribution < 1.29 is 4.79 Å². The minimum Gasteiger partial charge on any atom is -0.361 e. The summed E-state index contributed by atoms with van der Waals surface area (Å²) >= 11 is 0. The number of aromatic nitrogens is 3. The Hall–Kier alpha value is -2.56. The zero-order chi connectivity index (χ0) is 16.5. The minimum absolute atomic E-state index is 0.210. The topological polar surface area (TPSA) is 53.9 Å². The normalized spacial score (nSPS) is 18.2. The number of imidazole rings is 1. The zero-order valence-electron chi connectivity index (χ0n) is 13.9. The summed E-state index contributed by atoms with van der Waals surface area (Å²) in [6.07, 6.45) is 8.43. The van der Waals surface area contributed by atoms with Crippen LogP contribution in [0, 0.1) is 6.92 Å². The molecule has 1 N–H and O–H groups in total. The fraction of sp³-hybridized carbons (Fsp3) is 0.368. The Balaban J connectivity index is 1.49. The maximum atomic E-state index is 12.8. The maximum absolute atomic E-state index is 12.8. The van der Waals surface area contributed by atoms with E-state index in [1.54, 1.807) is 0 Å². The van der Waals surface area contributed by atoms with Crippen LogP contribution in [0.3, 0.4) is 0 Å². The molecule has 1 amide bonds. The van der Waals surface area contributed by atoms with E-state index < -0.39 is 0 Å². The lowest BCUT2D eigenvalue weighted by Crippen LogP contribution is -2.41. The summed E-state index contributed by atoms with van der Waals surface area (Å²) in [6, 6.07) is 8.48. The van der Waals surface area contributed by atoms with Crippen LogP contribution in [-0.4, -0.2) is 38.4 Å². The van der Waals surface area contributed by atoms with E-state index in [9.17, 15) is 4.79 Å². The van der Waals surface area contributed by atoms with Crippen LogP contribution >= 0.6 is 0 Å². The summed E-state index contributed by atoms with van der Waals surface area (Å²) in [6.45, 7) is 3.65. The van der Waals surface area contributed by atoms with Gasteiger partial charge >= 0.3 is 0 Å². The molecule has 1 saturated heterocycles. The van der Waals surface area contributed by atoms with Crippen molar-refractivity contribution in [3.8, 4) is 0 Å². The summed E-state index contributed by atoms with van der Waals surface area (Å²) in [5, 5.41) is 1.14. The minimum atomic E-state index is 0.210. The molecule has 1 aliphatic rings. The second kappa shape index (κ2) is 6.15. The van der Waals surface area contributed by atoms with Crippen LogP contribution in [0.1, 0.15) is 30.3 Å². The number of hydrogen-bond acceptors (Lipinski definition) is 2. The van der Waals surface area contributed by atoms with Crippen molar-refractivity contribution in [2.75, 3.05) is 13.1 Å². The molecular weight excluding hydrogens is 300 g/mol. The van der Waals surface area contributed by atoms with Crippen LogP contribution in [0.4, 0.5) is 0 Å². The Morgan fingerprint density at radius 3 is 3.08 bits per heavy atom. The van der Waals surface area contributed by atoms with Gasteiger partial charge < -0.3 is 14.5 Å². The molecule has 5 heteroatoms. The quantitative estimate of drug-likeness (QED) is 0.805. The van der Waals surface area contributed by atoms with Crippen molar-refractivity contribution >= 4 is 16.8 Å². The van der Waals surface area contributed by atoms with Gasteiger partial charge in [0.25, 0.3) is 0 Å². The fourth-order valence-corrected chi connectivity index (χ4v) is 3.73. The van der Waals surface area contributed by atoms with E-state index in [1.807, 2.05) is 48.6 Å². The molecule has 0 spiro atoms. The molecule has 0 bridgehead atoms. The molecule has 0 radical (unpaired) electrons. The highest BCUT2D eigenvalue weighted by Gasteiger charge is 2.25. The van der Waals surface area contributed by atoms with E-state index in [1.165, 1.54) is 0 Å². The summed E-state index contributed by atoms with van der Waals surface area (Å²) in [5.41, 5.74) is 2.17. The number of aromatic amines is 1. The number of carbonyl (C=O) groups excluding carboxylic acids is 1. The summed E-state index contributed by atoms with van der Waals surface area (Å²) in [5.74, 6) is 1.23. The summed E-state index contributed by atoms with van der Waals surface area (Å²) in [7, 11) is 0. The van der Waals surface area contributed by atoms with Gasteiger partial charge in [-0.25, -0.2) is 4.98 Å². The standard InChI is InChI=1S/C19H22N4O/c1-14-20-8-10-23(14)16-5-4-9-22(13-16)19(24)11-15-12-21-18-7-3-2-6-17(15)18/h2-3,6-8,10,12,16,21H,4-5,9,11,13H2,1H3/t16-/m0/s1. The van der Waals surface area contributed by atoms with Crippen molar-refractivity contribution in [1.82, 2.24) is 19.4 Å². The fourth-order valence-electron chi connectivity index (χ4n) is 3.73. The molecule has 3 heterocycles. The molecule has 5 nitrogen and oxygen atoms in total. The van der Waals surface area contributed by atoms with E-state index in [4.69, 9.17) is 0 Å². The van der Waals surface area contributed by atoms with E-state index in [0.29, 0.717) is 12.5 Å². The lowest BCUT2D eigenvalue weighted by atomic mass is 10.0. The molecule has 24 heavy (non-hydrogen) atoms. The number of amides is 1. The SMILES string of the molecule is Cc1nccn1[C@H]1CCCN(C(=O)Cc2c[nH]c3ccccc23)C1. The summed E-state index contributed by atoms with van der Waals surface area (Å²) in [4.78, 5) is 22.4. The second-order valence-electron chi connectivity index (χ2n) is 6.55. The Kier molecular flexibility index (Phi) is 3.84. The van der Waals surface area contributed by atoms with Gasteiger partial charge in [0.2, 0.25) is 5.91 Å². The van der Waals surface area contributed by atoms with E-state index in [2.05, 4.69) is 20.6 Å². The number of rotatable bonds is 3. The first-order chi connectivity index (χ1) is 11.7. The smallest absolute Gasteiger partial charge is 0.227 e. The third kappa shape index (κ3) is 2.70. The Morgan fingerprint density at radius 1 is 1.38 bits per heavy atom. The largest absolute Gasteiger partial charge is 0.361 e. The van der Waals surface area contributed by atoms with Crippen LogP contribution in [0.15, 0.2) is 42.9 Å². The number of nitrogens with one attached hydrogen (secondary N) is 1. The van der Waals surface area contributed by atoms with Gasteiger partial charge in [-0.05, 0) is 31.4 Å². The number of likely N-dealkylation sites (tertiary alicyclic amines) is 1.